The second-order valence-electron chi connectivity index (χ2n) is 4.09. The molecule has 4 nitrogen and oxygen atoms in total. The Morgan fingerprint density at radius 2 is 2.12 bits per heavy atom. The first kappa shape index (κ1) is 11.8. The zero-order valence-corrected chi connectivity index (χ0v) is 9.76. The molecule has 1 heterocycles. The lowest BCUT2D eigenvalue weighted by Gasteiger charge is -2.32. The maximum absolute atomic E-state index is 11.2. The molecule has 0 aliphatic carbocycles. The number of morpholine rings is 1. The van der Waals surface area contributed by atoms with Gasteiger partial charge in [0.25, 0.3) is 0 Å². The summed E-state index contributed by atoms with van der Waals surface area (Å²) in [4.78, 5) is 23.9. The second kappa shape index (κ2) is 5.10. The van der Waals surface area contributed by atoms with E-state index in [1.807, 2.05) is 24.3 Å². The molecular formula is C13H15NO3. The molecule has 0 amide bonds. The third kappa shape index (κ3) is 2.71. The molecule has 90 valence electrons. The molecule has 17 heavy (non-hydrogen) atoms. The number of anilines is 1. The lowest BCUT2D eigenvalue weighted by Crippen LogP contribution is -2.43. The monoisotopic (exact) mass is 233 g/mol. The first-order chi connectivity index (χ1) is 8.20. The summed E-state index contributed by atoms with van der Waals surface area (Å²) in [5.74, 6) is 0.0595. The number of carbonyl (C=O) groups excluding carboxylic acids is 2. The van der Waals surface area contributed by atoms with Gasteiger partial charge in [-0.3, -0.25) is 4.79 Å². The maximum atomic E-state index is 11.2. The molecule has 1 fully saturated rings. The third-order valence-electron chi connectivity index (χ3n) is 2.88. The van der Waals surface area contributed by atoms with Crippen molar-refractivity contribution in [2.45, 2.75) is 13.0 Å². The second-order valence-corrected chi connectivity index (χ2v) is 4.09. The van der Waals surface area contributed by atoms with Crippen LogP contribution in [0.3, 0.4) is 0 Å². The number of hydrogen-bond donors (Lipinski definition) is 0. The van der Waals surface area contributed by atoms with Gasteiger partial charge in [0.1, 0.15) is 6.10 Å². The predicted molar refractivity (Wildman–Crippen MR) is 64.5 cm³/mol. The molecule has 4 heteroatoms. The van der Waals surface area contributed by atoms with E-state index in [4.69, 9.17) is 4.74 Å². The van der Waals surface area contributed by atoms with Crippen molar-refractivity contribution in [3.63, 3.8) is 0 Å². The zero-order valence-electron chi connectivity index (χ0n) is 9.76. The Hall–Kier alpha value is -1.68. The molecule has 1 saturated heterocycles. The van der Waals surface area contributed by atoms with E-state index < -0.39 is 0 Å². The van der Waals surface area contributed by atoms with Gasteiger partial charge in [0.05, 0.1) is 13.2 Å². The first-order valence-corrected chi connectivity index (χ1v) is 5.63. The molecule has 1 atom stereocenters. The van der Waals surface area contributed by atoms with Crippen LogP contribution >= 0.6 is 0 Å². The van der Waals surface area contributed by atoms with Crippen LogP contribution in [0.5, 0.6) is 0 Å². The van der Waals surface area contributed by atoms with Crippen molar-refractivity contribution >= 4 is 17.8 Å². The number of ketones is 1. The molecule has 0 N–H and O–H groups in total. The van der Waals surface area contributed by atoms with Gasteiger partial charge in [-0.05, 0) is 31.2 Å². The van der Waals surface area contributed by atoms with E-state index in [2.05, 4.69) is 4.90 Å². The van der Waals surface area contributed by atoms with Crippen molar-refractivity contribution in [1.82, 2.24) is 0 Å². The highest BCUT2D eigenvalue weighted by molar-refractivity contribution is 5.94. The summed E-state index contributed by atoms with van der Waals surface area (Å²) in [6.07, 6.45) is 0.479. The molecule has 0 bridgehead atoms. The van der Waals surface area contributed by atoms with Gasteiger partial charge in [-0.25, -0.2) is 0 Å². The fourth-order valence-corrected chi connectivity index (χ4v) is 1.90. The third-order valence-corrected chi connectivity index (χ3v) is 2.88. The largest absolute Gasteiger partial charge is 0.367 e. The normalized spacial score (nSPS) is 20.1. The number of rotatable bonds is 3. The molecule has 1 aromatic carbocycles. The average Bonchev–Trinajstić information content (AvgIpc) is 2.39. The highest BCUT2D eigenvalue weighted by Crippen LogP contribution is 2.18. The molecule has 2 rings (SSSR count). The van der Waals surface area contributed by atoms with Gasteiger partial charge >= 0.3 is 0 Å². The van der Waals surface area contributed by atoms with Gasteiger partial charge in [-0.15, -0.1) is 0 Å². The number of aldehydes is 1. The smallest absolute Gasteiger partial charge is 0.159 e. The summed E-state index contributed by atoms with van der Waals surface area (Å²) < 4.78 is 5.28. The summed E-state index contributed by atoms with van der Waals surface area (Å²) in [5.41, 5.74) is 1.72. The van der Waals surface area contributed by atoms with Crippen molar-refractivity contribution in [1.29, 1.82) is 0 Å². The average molecular weight is 233 g/mol. The number of Topliss-reactive ketones (excluding diaryl/α,β-unsaturated/α-hetero) is 1. The lowest BCUT2D eigenvalue weighted by molar-refractivity contribution is -0.118. The van der Waals surface area contributed by atoms with Crippen LogP contribution < -0.4 is 4.90 Å². The van der Waals surface area contributed by atoms with E-state index >= 15 is 0 Å². The molecule has 0 spiro atoms. The summed E-state index contributed by atoms with van der Waals surface area (Å²) in [6, 6.07) is 7.43. The number of nitrogens with zero attached hydrogens (tertiary/aromatic N) is 1. The summed E-state index contributed by atoms with van der Waals surface area (Å²) in [5, 5.41) is 0. The Balaban J connectivity index is 2.11. The Labute approximate surface area is 100 Å². The minimum Gasteiger partial charge on any atom is -0.367 e. The number of carbonyl (C=O) groups is 2. The van der Waals surface area contributed by atoms with Crippen molar-refractivity contribution in [2.24, 2.45) is 0 Å². The predicted octanol–water partition coefficient (Wildman–Crippen LogP) is 1.29. The maximum Gasteiger partial charge on any atom is 0.159 e. The molecule has 0 aromatic heterocycles. The van der Waals surface area contributed by atoms with E-state index in [-0.39, 0.29) is 11.9 Å². The van der Waals surface area contributed by atoms with Crippen molar-refractivity contribution in [3.8, 4) is 0 Å². The Kier molecular flexibility index (Phi) is 3.54. The minimum absolute atomic E-state index is 0.0595. The molecule has 1 aliphatic heterocycles. The summed E-state index contributed by atoms with van der Waals surface area (Å²) >= 11 is 0. The minimum atomic E-state index is -0.351. The van der Waals surface area contributed by atoms with Crippen molar-refractivity contribution in [3.05, 3.63) is 29.8 Å². The van der Waals surface area contributed by atoms with E-state index in [0.717, 1.165) is 18.5 Å². The molecule has 1 aliphatic rings. The van der Waals surface area contributed by atoms with Gasteiger partial charge in [-0.2, -0.15) is 0 Å². The van der Waals surface area contributed by atoms with E-state index in [1.54, 1.807) is 6.92 Å². The number of hydrogen-bond acceptors (Lipinski definition) is 4. The van der Waals surface area contributed by atoms with E-state index in [9.17, 15) is 9.59 Å². The zero-order chi connectivity index (χ0) is 12.3. The van der Waals surface area contributed by atoms with Crippen molar-refractivity contribution in [2.75, 3.05) is 24.6 Å². The highest BCUT2D eigenvalue weighted by Gasteiger charge is 2.19. The Morgan fingerprint density at radius 3 is 2.71 bits per heavy atom. The van der Waals surface area contributed by atoms with Gasteiger partial charge < -0.3 is 14.4 Å². The van der Waals surface area contributed by atoms with Gasteiger partial charge in [0, 0.05) is 17.8 Å². The van der Waals surface area contributed by atoms with Crippen LogP contribution in [0.25, 0.3) is 0 Å². The van der Waals surface area contributed by atoms with Crippen LogP contribution in [0.4, 0.5) is 5.69 Å². The van der Waals surface area contributed by atoms with Crippen LogP contribution in [0, 0.1) is 0 Å². The van der Waals surface area contributed by atoms with Gasteiger partial charge in [0.15, 0.2) is 12.1 Å². The lowest BCUT2D eigenvalue weighted by atomic mass is 10.1. The number of ether oxygens (including phenoxy) is 1. The molecule has 0 unspecified atom stereocenters. The summed E-state index contributed by atoms with van der Waals surface area (Å²) in [7, 11) is 0. The quantitative estimate of drug-likeness (QED) is 0.583. The fraction of sp³-hybridized carbons (Fsp3) is 0.385. The van der Waals surface area contributed by atoms with Crippen LogP contribution in [-0.2, 0) is 9.53 Å². The van der Waals surface area contributed by atoms with Crippen LogP contribution in [0.15, 0.2) is 24.3 Å². The molecule has 1 aromatic rings. The van der Waals surface area contributed by atoms with E-state index in [0.29, 0.717) is 18.7 Å². The molecule has 0 saturated carbocycles. The fourth-order valence-electron chi connectivity index (χ4n) is 1.90. The molecule has 0 radical (unpaired) electrons. The summed E-state index contributed by atoms with van der Waals surface area (Å²) in [6.45, 7) is 3.44. The van der Waals surface area contributed by atoms with Crippen LogP contribution in [0.1, 0.15) is 17.3 Å². The van der Waals surface area contributed by atoms with Crippen LogP contribution in [-0.4, -0.2) is 37.9 Å². The van der Waals surface area contributed by atoms with Gasteiger partial charge in [-0.1, -0.05) is 0 Å². The standard InChI is InChI=1S/C13H15NO3/c1-10(16)11-2-4-12(5-3-11)14-6-7-17-13(8-14)9-15/h2-5,9,13H,6-8H2,1H3/t13-/m0/s1. The first-order valence-electron chi connectivity index (χ1n) is 5.63. The Bertz CT molecular complexity index is 413. The Morgan fingerprint density at radius 1 is 1.41 bits per heavy atom. The van der Waals surface area contributed by atoms with Crippen LogP contribution in [0.2, 0.25) is 0 Å². The van der Waals surface area contributed by atoms with Crippen molar-refractivity contribution < 1.29 is 14.3 Å². The highest BCUT2D eigenvalue weighted by atomic mass is 16.5. The SMILES string of the molecule is CC(=O)c1ccc(N2CCO[C@H](C=O)C2)cc1. The molecular weight excluding hydrogens is 218 g/mol. The van der Waals surface area contributed by atoms with Gasteiger partial charge in [0.2, 0.25) is 0 Å². The van der Waals surface area contributed by atoms with E-state index in [1.165, 1.54) is 0 Å². The topological polar surface area (TPSA) is 46.6 Å². The number of benzene rings is 1.